The van der Waals surface area contributed by atoms with Crippen molar-refractivity contribution >= 4 is 23.1 Å². The molecule has 0 saturated carbocycles. The van der Waals surface area contributed by atoms with Crippen molar-refractivity contribution in [2.75, 3.05) is 6.26 Å². The lowest BCUT2D eigenvalue weighted by atomic mass is 10.1. The van der Waals surface area contributed by atoms with Gasteiger partial charge in [-0.3, -0.25) is 0 Å². The third-order valence-electron chi connectivity index (χ3n) is 1.98. The van der Waals surface area contributed by atoms with E-state index in [4.69, 9.17) is 0 Å². The van der Waals surface area contributed by atoms with Gasteiger partial charge in [-0.05, 0) is 34.0 Å². The van der Waals surface area contributed by atoms with E-state index in [0.717, 1.165) is 12.3 Å². The van der Waals surface area contributed by atoms with Crippen molar-refractivity contribution in [3.05, 3.63) is 15.6 Å². The molecule has 0 atom stereocenters. The van der Waals surface area contributed by atoms with Gasteiger partial charge in [-0.2, -0.15) is 11.8 Å². The molecular weight excluding hydrogens is 224 g/mol. The fourth-order valence-corrected chi connectivity index (χ4v) is 2.89. The van der Waals surface area contributed by atoms with Crippen LogP contribution in [-0.2, 0) is 12.3 Å². The van der Waals surface area contributed by atoms with Gasteiger partial charge >= 0.3 is 0 Å². The molecule has 86 valence electrons. The minimum absolute atomic E-state index is 0.177. The molecule has 0 aliphatic heterocycles. The molecule has 1 rings (SSSR count). The molecule has 0 aromatic carbocycles. The van der Waals surface area contributed by atoms with Crippen LogP contribution in [0.1, 0.15) is 36.3 Å². The molecule has 2 nitrogen and oxygen atoms in total. The van der Waals surface area contributed by atoms with Crippen LogP contribution in [0.15, 0.2) is 0 Å². The van der Waals surface area contributed by atoms with E-state index in [-0.39, 0.29) is 5.54 Å². The Labute approximate surface area is 101 Å². The first-order valence-electron chi connectivity index (χ1n) is 5.11. The van der Waals surface area contributed by atoms with Gasteiger partial charge in [0.25, 0.3) is 0 Å². The molecule has 0 bridgehead atoms. The topological polar surface area (TPSA) is 24.9 Å². The van der Waals surface area contributed by atoms with E-state index < -0.39 is 0 Å². The third-order valence-corrected chi connectivity index (χ3v) is 3.89. The zero-order valence-corrected chi connectivity index (χ0v) is 11.8. The molecule has 0 fully saturated rings. The predicted molar refractivity (Wildman–Crippen MR) is 70.7 cm³/mol. The minimum atomic E-state index is 0.177. The maximum Gasteiger partial charge on any atom is 0.103 e. The van der Waals surface area contributed by atoms with Crippen LogP contribution in [0.5, 0.6) is 0 Å². The van der Waals surface area contributed by atoms with Gasteiger partial charge < -0.3 is 5.32 Å². The van der Waals surface area contributed by atoms with E-state index in [1.54, 1.807) is 0 Å². The Bertz CT molecular complexity index is 313. The van der Waals surface area contributed by atoms with Gasteiger partial charge in [-0.15, -0.1) is 11.3 Å². The molecule has 0 amide bonds. The Hall–Kier alpha value is -0.0600. The molecule has 0 radical (unpaired) electrons. The molecule has 1 aromatic rings. The van der Waals surface area contributed by atoms with Crippen molar-refractivity contribution in [2.45, 2.75) is 45.5 Å². The highest BCUT2D eigenvalue weighted by Gasteiger charge is 2.12. The largest absolute Gasteiger partial charge is 0.307 e. The SMILES string of the molecule is CSCc1nc(C)c(CNC(C)(C)C)s1. The standard InChI is InChI=1S/C11H20N2S2/c1-8-9(6-12-11(2,3)4)15-10(13-8)7-14-5/h12H,6-7H2,1-5H3. The lowest BCUT2D eigenvalue weighted by Crippen LogP contribution is -2.34. The predicted octanol–water partition coefficient (Wildman–Crippen LogP) is 3.20. The van der Waals surface area contributed by atoms with Gasteiger partial charge in [0.1, 0.15) is 5.01 Å². The third kappa shape index (κ3) is 4.53. The van der Waals surface area contributed by atoms with Crippen LogP contribution in [-0.4, -0.2) is 16.8 Å². The number of hydrogen-bond acceptors (Lipinski definition) is 4. The average Bonchev–Trinajstić information content (AvgIpc) is 2.42. The van der Waals surface area contributed by atoms with Gasteiger partial charge in [0.2, 0.25) is 0 Å². The Morgan fingerprint density at radius 1 is 1.40 bits per heavy atom. The van der Waals surface area contributed by atoms with E-state index in [9.17, 15) is 0 Å². The molecule has 4 heteroatoms. The summed E-state index contributed by atoms with van der Waals surface area (Å²) in [5.41, 5.74) is 1.36. The molecule has 0 spiro atoms. The number of aryl methyl sites for hydroxylation is 1. The fourth-order valence-electron chi connectivity index (χ4n) is 1.18. The van der Waals surface area contributed by atoms with Crippen LogP contribution in [0, 0.1) is 6.92 Å². The molecule has 15 heavy (non-hydrogen) atoms. The van der Waals surface area contributed by atoms with E-state index in [0.29, 0.717) is 0 Å². The van der Waals surface area contributed by atoms with E-state index in [1.807, 2.05) is 23.1 Å². The summed E-state index contributed by atoms with van der Waals surface area (Å²) in [6, 6.07) is 0. The molecular formula is C11H20N2S2. The van der Waals surface area contributed by atoms with Crippen LogP contribution in [0.4, 0.5) is 0 Å². The van der Waals surface area contributed by atoms with E-state index >= 15 is 0 Å². The number of nitrogens with one attached hydrogen (secondary N) is 1. The number of rotatable bonds is 4. The minimum Gasteiger partial charge on any atom is -0.307 e. The molecule has 0 aliphatic carbocycles. The van der Waals surface area contributed by atoms with Crippen molar-refractivity contribution in [1.82, 2.24) is 10.3 Å². The van der Waals surface area contributed by atoms with Crippen molar-refractivity contribution in [1.29, 1.82) is 0 Å². The maximum absolute atomic E-state index is 4.56. The summed E-state index contributed by atoms with van der Waals surface area (Å²) in [6.07, 6.45) is 2.11. The summed E-state index contributed by atoms with van der Waals surface area (Å²) in [7, 11) is 0. The molecule has 1 aromatic heterocycles. The zero-order valence-electron chi connectivity index (χ0n) is 10.2. The van der Waals surface area contributed by atoms with Gasteiger partial charge in [-0.1, -0.05) is 0 Å². The molecule has 0 aliphatic rings. The smallest absolute Gasteiger partial charge is 0.103 e. The number of thiazole rings is 1. The molecule has 0 unspecified atom stereocenters. The summed E-state index contributed by atoms with van der Waals surface area (Å²) < 4.78 is 0. The lowest BCUT2D eigenvalue weighted by Gasteiger charge is -2.19. The maximum atomic E-state index is 4.56. The van der Waals surface area contributed by atoms with Gasteiger partial charge in [-0.25, -0.2) is 4.98 Å². The monoisotopic (exact) mass is 244 g/mol. The first-order chi connectivity index (χ1) is 6.92. The first-order valence-corrected chi connectivity index (χ1v) is 7.32. The second-order valence-electron chi connectivity index (χ2n) is 4.65. The van der Waals surface area contributed by atoms with Crippen LogP contribution in [0.3, 0.4) is 0 Å². The average molecular weight is 244 g/mol. The summed E-state index contributed by atoms with van der Waals surface area (Å²) >= 11 is 3.66. The van der Waals surface area contributed by atoms with Crippen molar-refractivity contribution in [3.8, 4) is 0 Å². The second kappa shape index (κ2) is 5.32. The van der Waals surface area contributed by atoms with Gasteiger partial charge in [0.15, 0.2) is 0 Å². The van der Waals surface area contributed by atoms with E-state index in [1.165, 1.54) is 15.6 Å². The van der Waals surface area contributed by atoms with Crippen LogP contribution in [0.2, 0.25) is 0 Å². The molecule has 0 saturated heterocycles. The van der Waals surface area contributed by atoms with Crippen LogP contribution < -0.4 is 5.32 Å². The van der Waals surface area contributed by atoms with Crippen molar-refractivity contribution < 1.29 is 0 Å². The molecule has 1 heterocycles. The highest BCUT2D eigenvalue weighted by atomic mass is 32.2. The number of hydrogen-bond donors (Lipinski definition) is 1. The molecule has 1 N–H and O–H groups in total. The number of thioether (sulfide) groups is 1. The Morgan fingerprint density at radius 3 is 2.60 bits per heavy atom. The Balaban J connectivity index is 2.61. The highest BCUT2D eigenvalue weighted by Crippen LogP contribution is 2.21. The van der Waals surface area contributed by atoms with E-state index in [2.05, 4.69) is 44.3 Å². The lowest BCUT2D eigenvalue weighted by molar-refractivity contribution is 0.425. The van der Waals surface area contributed by atoms with Crippen LogP contribution in [0.25, 0.3) is 0 Å². The summed E-state index contributed by atoms with van der Waals surface area (Å²) in [5, 5.41) is 4.74. The normalized spacial score (nSPS) is 12.1. The second-order valence-corrected chi connectivity index (χ2v) is 6.69. The van der Waals surface area contributed by atoms with Gasteiger partial charge in [0, 0.05) is 22.7 Å². The Kier molecular flexibility index (Phi) is 4.62. The summed E-state index contributed by atoms with van der Waals surface area (Å²) in [5.74, 6) is 1.03. The van der Waals surface area contributed by atoms with Crippen molar-refractivity contribution in [3.63, 3.8) is 0 Å². The fraction of sp³-hybridized carbons (Fsp3) is 0.727. The van der Waals surface area contributed by atoms with Crippen molar-refractivity contribution in [2.24, 2.45) is 0 Å². The quantitative estimate of drug-likeness (QED) is 0.880. The van der Waals surface area contributed by atoms with Gasteiger partial charge in [0.05, 0.1) is 5.69 Å². The summed E-state index contributed by atoms with van der Waals surface area (Å²) in [4.78, 5) is 5.93. The number of nitrogens with zero attached hydrogens (tertiary/aromatic N) is 1. The first kappa shape index (κ1) is 13.0. The summed E-state index contributed by atoms with van der Waals surface area (Å²) in [6.45, 7) is 9.59. The zero-order chi connectivity index (χ0) is 11.5. The van der Waals surface area contributed by atoms with Crippen LogP contribution >= 0.6 is 23.1 Å². The number of aromatic nitrogens is 1. The highest BCUT2D eigenvalue weighted by molar-refractivity contribution is 7.97. The Morgan fingerprint density at radius 2 is 2.07 bits per heavy atom.